The Morgan fingerprint density at radius 3 is 2.75 bits per heavy atom. The van der Waals surface area contributed by atoms with Crippen molar-refractivity contribution in [2.24, 2.45) is 0 Å². The van der Waals surface area contributed by atoms with Crippen LogP contribution in [0, 0.1) is 0 Å². The zero-order valence-corrected chi connectivity index (χ0v) is 8.40. The van der Waals surface area contributed by atoms with Crippen molar-refractivity contribution < 1.29 is 0 Å². The van der Waals surface area contributed by atoms with Gasteiger partial charge >= 0.3 is 0 Å². The molecule has 4 heteroatoms. The summed E-state index contributed by atoms with van der Waals surface area (Å²) in [6, 6.07) is 2.01. The van der Waals surface area contributed by atoms with Crippen LogP contribution in [0.15, 0.2) is 22.9 Å². The molecule has 1 heterocycles. The highest BCUT2D eigenvalue weighted by Gasteiger charge is 1.88. The van der Waals surface area contributed by atoms with Gasteiger partial charge in [-0.05, 0) is 22.0 Å². The standard InChI is InChI=1S/C4H3BrINS/c5-4-1-2-7(3-4)8-6/h1-3H. The molecule has 1 rings (SSSR count). The minimum atomic E-state index is 1.13. The lowest BCUT2D eigenvalue weighted by Crippen LogP contribution is -1.69. The van der Waals surface area contributed by atoms with Crippen LogP contribution in [0.1, 0.15) is 0 Å². The zero-order chi connectivity index (χ0) is 5.98. The van der Waals surface area contributed by atoms with Gasteiger partial charge in [-0.1, -0.05) is 0 Å². The smallest absolute Gasteiger partial charge is 0.0362 e. The van der Waals surface area contributed by atoms with Crippen LogP contribution in [0.3, 0.4) is 0 Å². The fraction of sp³-hybridized carbons (Fsp3) is 0. The zero-order valence-electron chi connectivity index (χ0n) is 3.84. The summed E-state index contributed by atoms with van der Waals surface area (Å²) in [5.41, 5.74) is 0. The lowest BCUT2D eigenvalue weighted by molar-refractivity contribution is 1.30. The lowest BCUT2D eigenvalue weighted by atomic mass is 10.7. The minimum Gasteiger partial charge on any atom is -0.289 e. The van der Waals surface area contributed by atoms with E-state index in [9.17, 15) is 0 Å². The minimum absolute atomic E-state index is 1.13. The largest absolute Gasteiger partial charge is 0.289 e. The second-order valence-electron chi connectivity index (χ2n) is 1.26. The van der Waals surface area contributed by atoms with Crippen LogP contribution in [0.25, 0.3) is 0 Å². The number of hydrogen-bond acceptors (Lipinski definition) is 1. The normalized spacial score (nSPS) is 9.75. The van der Waals surface area contributed by atoms with Gasteiger partial charge in [0.25, 0.3) is 0 Å². The summed E-state index contributed by atoms with van der Waals surface area (Å²) < 4.78 is 3.15. The van der Waals surface area contributed by atoms with Crippen molar-refractivity contribution in [3.05, 3.63) is 22.9 Å². The van der Waals surface area contributed by atoms with E-state index in [4.69, 9.17) is 0 Å². The molecule has 0 atom stereocenters. The fourth-order valence-electron chi connectivity index (χ4n) is 0.395. The van der Waals surface area contributed by atoms with Crippen molar-refractivity contribution in [3.8, 4) is 0 Å². The molecule has 0 radical (unpaired) electrons. The van der Waals surface area contributed by atoms with Crippen LogP contribution in [0.5, 0.6) is 0 Å². The summed E-state index contributed by atoms with van der Waals surface area (Å²) >= 11 is 5.56. The fourth-order valence-corrected chi connectivity index (χ4v) is 1.86. The van der Waals surface area contributed by atoms with Gasteiger partial charge in [0.15, 0.2) is 0 Å². The maximum atomic E-state index is 3.34. The van der Waals surface area contributed by atoms with Gasteiger partial charge in [0.1, 0.15) is 0 Å². The van der Waals surface area contributed by atoms with Crippen LogP contribution >= 0.6 is 46.3 Å². The van der Waals surface area contributed by atoms with Crippen molar-refractivity contribution in [1.82, 2.24) is 3.97 Å². The molecule has 0 aliphatic carbocycles. The Hall–Kier alpha value is 0.840. The Bertz CT molecular complexity index is 176. The highest BCUT2D eigenvalue weighted by Crippen LogP contribution is 2.19. The first-order valence-corrected chi connectivity index (χ1v) is 6.06. The average molecular weight is 304 g/mol. The molecule has 0 N–H and O–H groups in total. The summed E-state index contributed by atoms with van der Waals surface area (Å²) in [6.07, 6.45) is 4.01. The quantitative estimate of drug-likeness (QED) is 0.722. The topological polar surface area (TPSA) is 4.93 Å². The number of nitrogens with zero attached hydrogens (tertiary/aromatic N) is 1. The van der Waals surface area contributed by atoms with Crippen molar-refractivity contribution in [3.63, 3.8) is 0 Å². The highest BCUT2D eigenvalue weighted by molar-refractivity contribution is 14.2. The van der Waals surface area contributed by atoms with E-state index in [0.29, 0.717) is 0 Å². The molecule has 0 fully saturated rings. The summed E-state index contributed by atoms with van der Waals surface area (Å²) in [5.74, 6) is 0. The predicted molar refractivity (Wildman–Crippen MR) is 49.1 cm³/mol. The number of hydrogen-bond donors (Lipinski definition) is 0. The molecular weight excluding hydrogens is 301 g/mol. The lowest BCUT2D eigenvalue weighted by Gasteiger charge is -1.86. The van der Waals surface area contributed by atoms with Gasteiger partial charge in [0, 0.05) is 47.2 Å². The van der Waals surface area contributed by atoms with Crippen molar-refractivity contribution >= 4 is 46.3 Å². The van der Waals surface area contributed by atoms with Crippen LogP contribution in [0.4, 0.5) is 0 Å². The Balaban J connectivity index is 2.84. The van der Waals surface area contributed by atoms with Crippen molar-refractivity contribution in [1.29, 1.82) is 0 Å². The molecule has 0 saturated heterocycles. The van der Waals surface area contributed by atoms with Gasteiger partial charge in [-0.15, -0.1) is 0 Å². The summed E-state index contributed by atoms with van der Waals surface area (Å²) in [5, 5.41) is 0. The first-order valence-electron chi connectivity index (χ1n) is 1.95. The third kappa shape index (κ3) is 1.66. The molecule has 0 aliphatic rings. The van der Waals surface area contributed by atoms with E-state index in [1.807, 2.05) is 22.4 Å². The van der Waals surface area contributed by atoms with E-state index in [-0.39, 0.29) is 0 Å². The third-order valence-electron chi connectivity index (χ3n) is 0.711. The third-order valence-corrected chi connectivity index (χ3v) is 2.93. The Labute approximate surface area is 72.7 Å². The summed E-state index contributed by atoms with van der Waals surface area (Å²) in [7, 11) is 1.65. The second kappa shape index (κ2) is 3.12. The van der Waals surface area contributed by atoms with Crippen molar-refractivity contribution in [2.75, 3.05) is 0 Å². The molecule has 1 aromatic rings. The molecule has 8 heavy (non-hydrogen) atoms. The van der Waals surface area contributed by atoms with E-state index >= 15 is 0 Å². The molecule has 0 spiro atoms. The predicted octanol–water partition coefficient (Wildman–Crippen LogP) is 3.10. The monoisotopic (exact) mass is 303 g/mol. The average Bonchev–Trinajstić information content (AvgIpc) is 2.14. The SMILES string of the molecule is Brc1ccn(SI)c1. The highest BCUT2D eigenvalue weighted by atomic mass is 127. The van der Waals surface area contributed by atoms with Gasteiger partial charge in [-0.3, -0.25) is 3.97 Å². The molecule has 0 bridgehead atoms. The Morgan fingerprint density at radius 1 is 1.75 bits per heavy atom. The second-order valence-corrected chi connectivity index (χ2v) is 3.92. The van der Waals surface area contributed by atoms with E-state index in [2.05, 4.69) is 37.1 Å². The van der Waals surface area contributed by atoms with E-state index in [1.165, 1.54) is 0 Å². The molecule has 0 amide bonds. The van der Waals surface area contributed by atoms with E-state index in [0.717, 1.165) is 4.47 Å². The maximum Gasteiger partial charge on any atom is 0.0362 e. The van der Waals surface area contributed by atoms with Gasteiger partial charge in [0.05, 0.1) is 0 Å². The molecule has 44 valence electrons. The first-order chi connectivity index (χ1) is 3.83. The Kier molecular flexibility index (Phi) is 2.71. The summed E-state index contributed by atoms with van der Waals surface area (Å²) in [6.45, 7) is 0. The van der Waals surface area contributed by atoms with Gasteiger partial charge in [-0.2, -0.15) is 0 Å². The van der Waals surface area contributed by atoms with Crippen molar-refractivity contribution in [2.45, 2.75) is 0 Å². The van der Waals surface area contributed by atoms with Crippen LogP contribution in [-0.2, 0) is 0 Å². The van der Waals surface area contributed by atoms with Crippen LogP contribution < -0.4 is 0 Å². The molecule has 0 unspecified atom stereocenters. The molecule has 0 aromatic carbocycles. The van der Waals surface area contributed by atoms with Gasteiger partial charge < -0.3 is 0 Å². The summed E-state index contributed by atoms with van der Waals surface area (Å²) in [4.78, 5) is 0. The van der Waals surface area contributed by atoms with E-state index in [1.54, 1.807) is 9.12 Å². The molecule has 0 saturated carbocycles. The van der Waals surface area contributed by atoms with Gasteiger partial charge in [-0.25, -0.2) is 0 Å². The maximum absolute atomic E-state index is 3.34. The van der Waals surface area contributed by atoms with Crippen LogP contribution in [0.2, 0.25) is 0 Å². The Morgan fingerprint density at radius 2 is 2.50 bits per heavy atom. The van der Waals surface area contributed by atoms with Crippen LogP contribution in [-0.4, -0.2) is 3.97 Å². The van der Waals surface area contributed by atoms with E-state index < -0.39 is 0 Å². The van der Waals surface area contributed by atoms with Gasteiger partial charge in [0.2, 0.25) is 0 Å². The number of aromatic nitrogens is 1. The number of rotatable bonds is 1. The molecule has 1 nitrogen and oxygen atoms in total. The number of halogens is 2. The molecular formula is C4H3BrINS. The molecule has 0 aliphatic heterocycles. The first kappa shape index (κ1) is 6.95. The molecule has 1 aromatic heterocycles.